The first kappa shape index (κ1) is 12.6. The Kier molecular flexibility index (Phi) is 3.84. The first-order valence-corrected chi connectivity index (χ1v) is 7.22. The third-order valence-corrected chi connectivity index (χ3v) is 4.48. The van der Waals surface area contributed by atoms with Crippen molar-refractivity contribution < 1.29 is 9.05 Å². The van der Waals surface area contributed by atoms with Crippen LogP contribution < -0.4 is 0 Å². The number of halogens is 1. The van der Waals surface area contributed by atoms with Gasteiger partial charge in [-0.05, 0) is 12.5 Å². The van der Waals surface area contributed by atoms with Crippen molar-refractivity contribution in [2.24, 2.45) is 5.16 Å². The molecular formula is C12H14ClNO2S. The minimum atomic E-state index is -1.13. The molecule has 0 aliphatic carbocycles. The van der Waals surface area contributed by atoms with Gasteiger partial charge in [-0.15, -0.1) is 11.6 Å². The second kappa shape index (κ2) is 5.19. The zero-order valence-corrected chi connectivity index (χ0v) is 11.1. The molecule has 1 aliphatic rings. The van der Waals surface area contributed by atoms with Gasteiger partial charge in [0.05, 0.1) is 22.4 Å². The zero-order chi connectivity index (χ0) is 12.3. The molecule has 0 N–H and O–H groups in total. The van der Waals surface area contributed by atoms with E-state index in [9.17, 15) is 4.21 Å². The maximum Gasteiger partial charge on any atom is 0.154 e. The Morgan fingerprint density at radius 1 is 1.47 bits per heavy atom. The third kappa shape index (κ3) is 3.07. The molecule has 2 rings (SSSR count). The van der Waals surface area contributed by atoms with Crippen molar-refractivity contribution in [3.05, 3.63) is 35.9 Å². The Bertz CT molecular complexity index is 449. The van der Waals surface area contributed by atoms with Crippen LogP contribution in [0.2, 0.25) is 0 Å². The molecule has 0 bridgehead atoms. The predicted molar refractivity (Wildman–Crippen MR) is 70.6 cm³/mol. The summed E-state index contributed by atoms with van der Waals surface area (Å²) >= 11 is 5.78. The summed E-state index contributed by atoms with van der Waals surface area (Å²) in [5.74, 6) is 0.823. The first-order valence-electron chi connectivity index (χ1n) is 5.36. The number of benzene rings is 1. The summed E-state index contributed by atoms with van der Waals surface area (Å²) in [5.41, 5.74) is 0.538. The molecule has 0 spiro atoms. The predicted octanol–water partition coefficient (Wildman–Crippen LogP) is 2.67. The van der Waals surface area contributed by atoms with Crippen molar-refractivity contribution in [3.63, 3.8) is 0 Å². The Hall–Kier alpha value is -0.870. The van der Waals surface area contributed by atoms with Crippen LogP contribution in [0.1, 0.15) is 18.9 Å². The number of nitrogens with zero attached hydrogens (tertiary/aromatic N) is 1. The van der Waals surface area contributed by atoms with Gasteiger partial charge in [0.25, 0.3) is 0 Å². The van der Waals surface area contributed by atoms with E-state index >= 15 is 0 Å². The van der Waals surface area contributed by atoms with Crippen molar-refractivity contribution in [1.29, 1.82) is 0 Å². The van der Waals surface area contributed by atoms with E-state index in [-0.39, 0.29) is 0 Å². The van der Waals surface area contributed by atoms with Crippen LogP contribution in [0.3, 0.4) is 0 Å². The molecule has 2 unspecified atom stereocenters. The quantitative estimate of drug-likeness (QED) is 0.793. The lowest BCUT2D eigenvalue weighted by atomic mass is 10.1. The van der Waals surface area contributed by atoms with E-state index in [4.69, 9.17) is 16.4 Å². The van der Waals surface area contributed by atoms with E-state index in [0.717, 1.165) is 5.56 Å². The smallest absolute Gasteiger partial charge is 0.154 e. The summed E-state index contributed by atoms with van der Waals surface area (Å²) in [6.07, 6.45) is 0.538. The number of alkyl halides is 1. The van der Waals surface area contributed by atoms with Crippen molar-refractivity contribution in [1.82, 2.24) is 0 Å². The highest BCUT2D eigenvalue weighted by molar-refractivity contribution is 7.99. The van der Waals surface area contributed by atoms with Gasteiger partial charge in [-0.2, -0.15) is 0 Å². The van der Waals surface area contributed by atoms with Gasteiger partial charge in [0.1, 0.15) is 5.04 Å². The molecule has 1 heterocycles. The van der Waals surface area contributed by atoms with Crippen LogP contribution in [0.4, 0.5) is 0 Å². The molecular weight excluding hydrogens is 258 g/mol. The molecule has 1 aliphatic heterocycles. The van der Waals surface area contributed by atoms with E-state index in [0.29, 0.717) is 23.1 Å². The molecule has 2 atom stereocenters. The van der Waals surface area contributed by atoms with Crippen LogP contribution in [-0.4, -0.2) is 20.7 Å². The van der Waals surface area contributed by atoms with E-state index in [1.807, 2.05) is 37.3 Å². The van der Waals surface area contributed by atoms with Gasteiger partial charge in [-0.3, -0.25) is 4.21 Å². The number of oxime groups is 1. The standard InChI is InChI=1S/C12H14ClNO2S/c1-12(9-13)7-11(14-16-12)17(15)8-10-5-3-2-4-6-10/h2-6H,7-9H2,1H3. The third-order valence-electron chi connectivity index (χ3n) is 2.58. The van der Waals surface area contributed by atoms with Gasteiger partial charge < -0.3 is 4.84 Å². The summed E-state index contributed by atoms with van der Waals surface area (Å²) in [6.45, 7) is 1.87. The molecule has 3 nitrogen and oxygen atoms in total. The lowest BCUT2D eigenvalue weighted by Crippen LogP contribution is -2.27. The second-order valence-corrected chi connectivity index (χ2v) is 6.03. The van der Waals surface area contributed by atoms with Crippen LogP contribution >= 0.6 is 11.6 Å². The molecule has 5 heteroatoms. The molecule has 92 valence electrons. The average Bonchev–Trinajstić information content (AvgIpc) is 2.74. The van der Waals surface area contributed by atoms with E-state index in [1.54, 1.807) is 0 Å². The fourth-order valence-electron chi connectivity index (χ4n) is 1.55. The van der Waals surface area contributed by atoms with Crippen LogP contribution in [0.25, 0.3) is 0 Å². The zero-order valence-electron chi connectivity index (χ0n) is 9.56. The first-order chi connectivity index (χ1) is 8.13. The lowest BCUT2D eigenvalue weighted by molar-refractivity contribution is 0.0152. The summed E-state index contributed by atoms with van der Waals surface area (Å²) < 4.78 is 12.1. The van der Waals surface area contributed by atoms with Gasteiger partial charge in [0.2, 0.25) is 0 Å². The maximum atomic E-state index is 12.1. The molecule has 1 aromatic rings. The average molecular weight is 272 g/mol. The Labute approximate surface area is 108 Å². The number of hydrogen-bond acceptors (Lipinski definition) is 3. The van der Waals surface area contributed by atoms with Gasteiger partial charge in [0.15, 0.2) is 5.60 Å². The summed E-state index contributed by atoms with van der Waals surface area (Å²) in [5, 5.41) is 4.48. The normalized spacial score (nSPS) is 25.2. The molecule has 1 aromatic carbocycles. The summed E-state index contributed by atoms with van der Waals surface area (Å²) in [4.78, 5) is 5.22. The van der Waals surface area contributed by atoms with Gasteiger partial charge >= 0.3 is 0 Å². The van der Waals surface area contributed by atoms with E-state index in [1.165, 1.54) is 0 Å². The fraction of sp³-hybridized carbons (Fsp3) is 0.417. The van der Waals surface area contributed by atoms with Crippen LogP contribution in [0, 0.1) is 0 Å². The lowest BCUT2D eigenvalue weighted by Gasteiger charge is -2.16. The molecule has 17 heavy (non-hydrogen) atoms. The molecule has 0 aromatic heterocycles. The molecule has 0 saturated carbocycles. The van der Waals surface area contributed by atoms with Crippen LogP contribution in [0.15, 0.2) is 35.5 Å². The maximum absolute atomic E-state index is 12.1. The second-order valence-electron chi connectivity index (χ2n) is 4.31. The Morgan fingerprint density at radius 3 is 2.76 bits per heavy atom. The van der Waals surface area contributed by atoms with Crippen LogP contribution in [-0.2, 0) is 21.4 Å². The highest BCUT2D eigenvalue weighted by atomic mass is 35.5. The number of hydrogen-bond donors (Lipinski definition) is 0. The monoisotopic (exact) mass is 271 g/mol. The molecule has 0 saturated heterocycles. The topological polar surface area (TPSA) is 38.7 Å². The SMILES string of the molecule is CC1(CCl)CC(S(=O)Cc2ccccc2)=NO1. The molecule has 0 fully saturated rings. The minimum Gasteiger partial charge on any atom is -0.387 e. The van der Waals surface area contributed by atoms with E-state index in [2.05, 4.69) is 5.16 Å². The highest BCUT2D eigenvalue weighted by Gasteiger charge is 2.35. The minimum absolute atomic E-state index is 0.350. The van der Waals surface area contributed by atoms with Crippen molar-refractivity contribution in [3.8, 4) is 0 Å². The molecule has 0 radical (unpaired) electrons. The summed E-state index contributed by atoms with van der Waals surface area (Å²) in [6, 6.07) is 9.71. The van der Waals surface area contributed by atoms with E-state index < -0.39 is 16.4 Å². The van der Waals surface area contributed by atoms with Crippen molar-refractivity contribution in [2.45, 2.75) is 24.7 Å². The van der Waals surface area contributed by atoms with Crippen molar-refractivity contribution in [2.75, 3.05) is 5.88 Å². The Morgan fingerprint density at radius 2 is 2.18 bits per heavy atom. The fourth-order valence-corrected chi connectivity index (χ4v) is 2.94. The summed E-state index contributed by atoms with van der Waals surface area (Å²) in [7, 11) is -1.13. The van der Waals surface area contributed by atoms with Crippen LogP contribution in [0.5, 0.6) is 0 Å². The largest absolute Gasteiger partial charge is 0.387 e. The van der Waals surface area contributed by atoms with Crippen molar-refractivity contribution >= 4 is 27.4 Å². The van der Waals surface area contributed by atoms with Gasteiger partial charge in [-0.1, -0.05) is 35.5 Å². The van der Waals surface area contributed by atoms with Gasteiger partial charge in [0, 0.05) is 6.42 Å². The molecule has 0 amide bonds. The highest BCUT2D eigenvalue weighted by Crippen LogP contribution is 2.26. The Balaban J connectivity index is 1.99. The van der Waals surface area contributed by atoms with Gasteiger partial charge in [-0.25, -0.2) is 0 Å². The number of rotatable bonds is 3.